The largest absolute Gasteiger partial charge is 0.427 e. The van der Waals surface area contributed by atoms with Gasteiger partial charge in [0, 0.05) is 24.4 Å². The molecular formula is C33H24N2O5S. The number of nitrogens with zero attached hydrogens (tertiary/aromatic N) is 1. The highest BCUT2D eigenvalue weighted by atomic mass is 32.1. The number of para-hydroxylation sites is 1. The van der Waals surface area contributed by atoms with Crippen molar-refractivity contribution in [2.75, 3.05) is 5.32 Å². The lowest BCUT2D eigenvalue weighted by molar-refractivity contribution is -0.131. The molecule has 0 radical (unpaired) electrons. The van der Waals surface area contributed by atoms with Crippen LogP contribution in [0.25, 0.3) is 6.08 Å². The number of rotatable bonds is 5. The Morgan fingerprint density at radius 3 is 2.41 bits per heavy atom. The Hall–Kier alpha value is -4.82. The SMILES string of the molecule is CC(=O)Oc1ccc(C(=O)C2C(C(=O)c3cccs3)C3(C(=O)Nc4ccccc43)C3c4ccccc4C=CN23)cc1. The molecule has 202 valence electrons. The van der Waals surface area contributed by atoms with Gasteiger partial charge < -0.3 is 15.0 Å². The molecule has 4 unspecified atom stereocenters. The van der Waals surface area contributed by atoms with Crippen LogP contribution in [0.2, 0.25) is 0 Å². The molecule has 1 aromatic heterocycles. The van der Waals surface area contributed by atoms with Crippen LogP contribution in [0.5, 0.6) is 5.75 Å². The number of hydrogen-bond acceptors (Lipinski definition) is 7. The molecule has 41 heavy (non-hydrogen) atoms. The number of esters is 1. The third kappa shape index (κ3) is 3.64. The van der Waals surface area contributed by atoms with Gasteiger partial charge in [0.15, 0.2) is 11.6 Å². The van der Waals surface area contributed by atoms with Crippen molar-refractivity contribution in [2.45, 2.75) is 24.4 Å². The smallest absolute Gasteiger partial charge is 0.308 e. The highest BCUT2D eigenvalue weighted by Gasteiger charge is 2.70. The first-order chi connectivity index (χ1) is 19.9. The first kappa shape index (κ1) is 25.2. The molecule has 1 N–H and O–H groups in total. The number of anilines is 1. The van der Waals surface area contributed by atoms with Gasteiger partial charge in [-0.25, -0.2) is 0 Å². The van der Waals surface area contributed by atoms with Crippen molar-refractivity contribution in [3.05, 3.63) is 124 Å². The van der Waals surface area contributed by atoms with E-state index in [-0.39, 0.29) is 17.5 Å². The first-order valence-corrected chi connectivity index (χ1v) is 14.1. The Bertz CT molecular complexity index is 1760. The van der Waals surface area contributed by atoms with Crippen LogP contribution in [-0.2, 0) is 15.0 Å². The quantitative estimate of drug-likeness (QED) is 0.193. The summed E-state index contributed by atoms with van der Waals surface area (Å²) >= 11 is 1.30. The molecule has 4 heterocycles. The molecule has 3 aromatic carbocycles. The number of fused-ring (bicyclic) bond motifs is 6. The zero-order valence-corrected chi connectivity index (χ0v) is 22.8. The molecule has 8 heteroatoms. The van der Waals surface area contributed by atoms with Gasteiger partial charge in [-0.2, -0.15) is 0 Å². The predicted molar refractivity (Wildman–Crippen MR) is 155 cm³/mol. The van der Waals surface area contributed by atoms with Gasteiger partial charge in [-0.15, -0.1) is 11.3 Å². The average Bonchev–Trinajstić information content (AvgIpc) is 3.69. The Kier molecular flexibility index (Phi) is 5.76. The maximum absolute atomic E-state index is 14.6. The monoisotopic (exact) mass is 560 g/mol. The lowest BCUT2D eigenvalue weighted by Crippen LogP contribution is -2.49. The van der Waals surface area contributed by atoms with E-state index in [0.29, 0.717) is 27.4 Å². The number of Topliss-reactive ketones (excluding diaryl/α,β-unsaturated/α-hetero) is 2. The second kappa shape index (κ2) is 9.38. The third-order valence-corrected chi connectivity index (χ3v) is 9.17. The Morgan fingerprint density at radius 2 is 1.66 bits per heavy atom. The van der Waals surface area contributed by atoms with E-state index in [1.54, 1.807) is 36.4 Å². The van der Waals surface area contributed by atoms with Crippen LogP contribution in [-0.4, -0.2) is 34.4 Å². The van der Waals surface area contributed by atoms with E-state index < -0.39 is 29.4 Å². The molecule has 4 aromatic rings. The summed E-state index contributed by atoms with van der Waals surface area (Å²) < 4.78 is 5.16. The number of benzene rings is 3. The van der Waals surface area contributed by atoms with Crippen molar-refractivity contribution in [1.82, 2.24) is 4.90 Å². The molecule has 1 amide bonds. The standard InChI is InChI=1S/C33H24N2O5S/c1-19(36)40-22-14-12-21(13-15-22)29(37)28-27(30(38)26-11-6-18-41-26)33(24-9-4-5-10-25(24)34-32(33)39)31-23-8-3-2-7-20(23)16-17-35(28)31/h2-18,27-28,31H,1H3,(H,34,39). The molecule has 0 bridgehead atoms. The first-order valence-electron chi connectivity index (χ1n) is 13.3. The van der Waals surface area contributed by atoms with Crippen molar-refractivity contribution in [3.63, 3.8) is 0 Å². The van der Waals surface area contributed by atoms with E-state index in [4.69, 9.17) is 4.74 Å². The van der Waals surface area contributed by atoms with Gasteiger partial charge in [0.2, 0.25) is 5.91 Å². The molecule has 0 saturated carbocycles. The van der Waals surface area contributed by atoms with Crippen LogP contribution < -0.4 is 10.1 Å². The average molecular weight is 561 g/mol. The molecule has 7 nitrogen and oxygen atoms in total. The highest BCUT2D eigenvalue weighted by molar-refractivity contribution is 7.12. The molecule has 4 atom stereocenters. The number of thiophene rings is 1. The fourth-order valence-electron chi connectivity index (χ4n) is 6.76. The van der Waals surface area contributed by atoms with E-state index in [1.807, 2.05) is 71.1 Å². The van der Waals surface area contributed by atoms with Crippen LogP contribution in [0.1, 0.15) is 49.7 Å². The minimum atomic E-state index is -1.36. The summed E-state index contributed by atoms with van der Waals surface area (Å²) in [6.07, 6.45) is 3.78. The minimum Gasteiger partial charge on any atom is -0.427 e. The normalized spacial score (nSPS) is 23.5. The fraction of sp³-hybridized carbons (Fsp3) is 0.152. The van der Waals surface area contributed by atoms with E-state index >= 15 is 0 Å². The number of hydrogen-bond donors (Lipinski definition) is 1. The zero-order chi connectivity index (χ0) is 28.3. The number of ketones is 2. The number of carbonyl (C=O) groups is 4. The Labute approximate surface area is 240 Å². The van der Waals surface area contributed by atoms with Gasteiger partial charge in [0.25, 0.3) is 0 Å². The predicted octanol–water partition coefficient (Wildman–Crippen LogP) is 5.66. The van der Waals surface area contributed by atoms with Crippen molar-refractivity contribution >= 4 is 46.5 Å². The summed E-state index contributed by atoms with van der Waals surface area (Å²) in [7, 11) is 0. The maximum Gasteiger partial charge on any atom is 0.308 e. The lowest BCUT2D eigenvalue weighted by Gasteiger charge is -2.38. The number of nitrogens with one attached hydrogen (secondary N) is 1. The van der Waals surface area contributed by atoms with Crippen molar-refractivity contribution in [2.24, 2.45) is 5.92 Å². The van der Waals surface area contributed by atoms with Gasteiger partial charge in [-0.1, -0.05) is 48.5 Å². The summed E-state index contributed by atoms with van der Waals surface area (Å²) in [6.45, 7) is 1.31. The van der Waals surface area contributed by atoms with Gasteiger partial charge in [-0.3, -0.25) is 19.2 Å². The second-order valence-corrected chi connectivity index (χ2v) is 11.4. The summed E-state index contributed by atoms with van der Waals surface area (Å²) in [5, 5.41) is 4.87. The molecule has 0 aliphatic carbocycles. The Balaban J connectivity index is 1.47. The summed E-state index contributed by atoms with van der Waals surface area (Å²) in [4.78, 5) is 57.3. The second-order valence-electron chi connectivity index (χ2n) is 10.4. The minimum absolute atomic E-state index is 0.248. The van der Waals surface area contributed by atoms with Gasteiger partial charge >= 0.3 is 5.97 Å². The molecular weight excluding hydrogens is 536 g/mol. The summed E-state index contributed by atoms with van der Waals surface area (Å²) in [6, 6.07) is 23.5. The Morgan fingerprint density at radius 1 is 0.902 bits per heavy atom. The highest BCUT2D eigenvalue weighted by Crippen LogP contribution is 2.62. The van der Waals surface area contributed by atoms with E-state index in [2.05, 4.69) is 5.32 Å². The summed E-state index contributed by atoms with van der Waals surface area (Å²) in [5.74, 6) is -2.01. The number of amides is 1. The van der Waals surface area contributed by atoms with E-state index in [1.165, 1.54) is 18.3 Å². The van der Waals surface area contributed by atoms with Crippen LogP contribution in [0, 0.1) is 5.92 Å². The van der Waals surface area contributed by atoms with Crippen molar-refractivity contribution in [3.8, 4) is 5.75 Å². The topological polar surface area (TPSA) is 92.8 Å². The summed E-state index contributed by atoms with van der Waals surface area (Å²) in [5.41, 5.74) is 2.16. The molecule has 7 rings (SSSR count). The van der Waals surface area contributed by atoms with Gasteiger partial charge in [0.05, 0.1) is 16.8 Å². The van der Waals surface area contributed by atoms with Crippen LogP contribution in [0.15, 0.2) is 96.5 Å². The molecule has 1 saturated heterocycles. The fourth-order valence-corrected chi connectivity index (χ4v) is 7.47. The zero-order valence-electron chi connectivity index (χ0n) is 21.9. The molecule has 3 aliphatic heterocycles. The molecule has 3 aliphatic rings. The van der Waals surface area contributed by atoms with E-state index in [9.17, 15) is 19.2 Å². The third-order valence-electron chi connectivity index (χ3n) is 8.29. The van der Waals surface area contributed by atoms with E-state index in [0.717, 1.165) is 11.1 Å². The lowest BCUT2D eigenvalue weighted by atomic mass is 9.63. The maximum atomic E-state index is 14.6. The van der Waals surface area contributed by atoms with Gasteiger partial charge in [0.1, 0.15) is 17.2 Å². The van der Waals surface area contributed by atoms with Crippen LogP contribution in [0.4, 0.5) is 5.69 Å². The van der Waals surface area contributed by atoms with Crippen molar-refractivity contribution in [1.29, 1.82) is 0 Å². The van der Waals surface area contributed by atoms with Crippen LogP contribution in [0.3, 0.4) is 0 Å². The number of ether oxygens (including phenoxy) is 1. The van der Waals surface area contributed by atoms with Crippen molar-refractivity contribution < 1.29 is 23.9 Å². The molecule has 1 fully saturated rings. The number of carbonyl (C=O) groups excluding carboxylic acids is 4. The van der Waals surface area contributed by atoms with Crippen LogP contribution >= 0.6 is 11.3 Å². The van der Waals surface area contributed by atoms with Gasteiger partial charge in [-0.05, 0) is 64.5 Å². The molecule has 1 spiro atoms.